The van der Waals surface area contributed by atoms with Gasteiger partial charge in [0.05, 0.1) is 33.0 Å². The van der Waals surface area contributed by atoms with Gasteiger partial charge in [-0.3, -0.25) is 19.2 Å². The van der Waals surface area contributed by atoms with Crippen LogP contribution in [-0.4, -0.2) is 105 Å². The van der Waals surface area contributed by atoms with Gasteiger partial charge in [-0.25, -0.2) is 9.59 Å². The van der Waals surface area contributed by atoms with Gasteiger partial charge in [-0.15, -0.1) is 0 Å². The quantitative estimate of drug-likeness (QED) is 0.0649. The number of carbonyl (C=O) groups is 6. The maximum atomic E-state index is 13.6. The van der Waals surface area contributed by atoms with Gasteiger partial charge >= 0.3 is 12.1 Å². The van der Waals surface area contributed by atoms with E-state index in [2.05, 4.69) is 44.0 Å². The zero-order valence-electron chi connectivity index (χ0n) is 33.6. The summed E-state index contributed by atoms with van der Waals surface area (Å²) in [5.41, 5.74) is 10.7. The Labute approximate surface area is 343 Å². The molecule has 0 bridgehead atoms. The molecule has 318 valence electrons. The van der Waals surface area contributed by atoms with Crippen LogP contribution in [0.4, 0.5) is 15.3 Å². The molecule has 0 saturated carbocycles. The summed E-state index contributed by atoms with van der Waals surface area (Å²) in [4.78, 5) is 75.8. The topological polar surface area (TPSA) is 249 Å². The number of nitrogens with one attached hydrogen (secondary N) is 6. The second-order valence-electron chi connectivity index (χ2n) is 14.3. The molecule has 1 aliphatic rings. The highest BCUT2D eigenvalue weighted by Gasteiger charge is 2.32. The maximum absolute atomic E-state index is 13.6. The number of benzene rings is 3. The Morgan fingerprint density at radius 3 is 1.98 bits per heavy atom. The van der Waals surface area contributed by atoms with Gasteiger partial charge in [0.15, 0.2) is 0 Å². The molecule has 0 spiro atoms. The van der Waals surface area contributed by atoms with E-state index in [0.717, 1.165) is 22.3 Å². The second-order valence-corrected chi connectivity index (χ2v) is 14.3. The van der Waals surface area contributed by atoms with Crippen LogP contribution in [0.2, 0.25) is 0 Å². The van der Waals surface area contributed by atoms with Crippen molar-refractivity contribution >= 4 is 41.4 Å². The molecule has 3 atom stereocenters. The molecule has 17 heteroatoms. The molecule has 0 unspecified atom stereocenters. The minimum Gasteiger partial charge on any atom is -0.449 e. The highest BCUT2D eigenvalue weighted by Crippen LogP contribution is 2.44. The first-order chi connectivity index (χ1) is 28.4. The zero-order chi connectivity index (χ0) is 42.7. The van der Waals surface area contributed by atoms with E-state index < -0.39 is 59.8 Å². The molecule has 0 aromatic heterocycles. The number of urea groups is 1. The van der Waals surface area contributed by atoms with Crippen LogP contribution in [0.5, 0.6) is 0 Å². The Kier molecular flexibility index (Phi) is 18.1. The van der Waals surface area contributed by atoms with Gasteiger partial charge in [0, 0.05) is 31.6 Å². The summed E-state index contributed by atoms with van der Waals surface area (Å²) >= 11 is 0. The van der Waals surface area contributed by atoms with Gasteiger partial charge in [0.25, 0.3) is 0 Å². The Balaban J connectivity index is 1.20. The minimum absolute atomic E-state index is 0.0537. The molecular weight excluding hydrogens is 763 g/mol. The summed E-state index contributed by atoms with van der Waals surface area (Å²) in [5.74, 6) is -2.85. The lowest BCUT2D eigenvalue weighted by atomic mass is 9.98. The number of aliphatic hydroxyl groups is 1. The van der Waals surface area contributed by atoms with Crippen molar-refractivity contribution in [3.63, 3.8) is 0 Å². The summed E-state index contributed by atoms with van der Waals surface area (Å²) < 4.78 is 16.7. The highest BCUT2D eigenvalue weighted by atomic mass is 16.6. The van der Waals surface area contributed by atoms with Crippen molar-refractivity contribution in [2.45, 2.75) is 64.3 Å². The summed E-state index contributed by atoms with van der Waals surface area (Å²) in [5, 5.41) is 25.1. The maximum Gasteiger partial charge on any atom is 0.407 e. The number of nitrogens with two attached hydrogens (primary N) is 1. The van der Waals surface area contributed by atoms with Crippen molar-refractivity contribution in [3.05, 3.63) is 89.5 Å². The van der Waals surface area contributed by atoms with Gasteiger partial charge in [-0.2, -0.15) is 0 Å². The lowest BCUT2D eigenvalue weighted by molar-refractivity contribution is -0.134. The number of amides is 7. The van der Waals surface area contributed by atoms with Crippen molar-refractivity contribution < 1.29 is 48.1 Å². The SMILES string of the molecule is CC(=O)N[C@@H](COCCOCCNC(=O)OCC1c2ccccc2-c2ccccc21)C(=O)N[C@H](C(=O)N[C@@H](CCCNC(N)=O)C(=O)Nc1ccc(CO)cc1)C(C)C. The normalized spacial score (nSPS) is 13.2. The number of fused-ring (bicyclic) bond motifs is 3. The largest absolute Gasteiger partial charge is 0.449 e. The van der Waals surface area contributed by atoms with Crippen LogP contribution in [0.25, 0.3) is 11.1 Å². The van der Waals surface area contributed by atoms with Crippen LogP contribution in [0.15, 0.2) is 72.8 Å². The van der Waals surface area contributed by atoms with Crippen LogP contribution in [0.3, 0.4) is 0 Å². The number of aliphatic hydroxyl groups excluding tert-OH is 1. The monoisotopic (exact) mass is 817 g/mol. The second kappa shape index (κ2) is 23.4. The van der Waals surface area contributed by atoms with E-state index in [1.807, 2.05) is 36.4 Å². The third-order valence-electron chi connectivity index (χ3n) is 9.46. The number of carbonyl (C=O) groups excluding carboxylic acids is 6. The molecule has 17 nitrogen and oxygen atoms in total. The van der Waals surface area contributed by atoms with Crippen LogP contribution in [0.1, 0.15) is 56.2 Å². The van der Waals surface area contributed by atoms with Crippen LogP contribution < -0.4 is 37.6 Å². The number of primary amides is 1. The molecule has 0 fully saturated rings. The number of hydrogen-bond donors (Lipinski definition) is 8. The number of rotatable bonds is 23. The van der Waals surface area contributed by atoms with E-state index in [-0.39, 0.29) is 65.1 Å². The van der Waals surface area contributed by atoms with Crippen molar-refractivity contribution in [2.24, 2.45) is 11.7 Å². The molecule has 3 aromatic rings. The number of ether oxygens (including phenoxy) is 3. The fourth-order valence-corrected chi connectivity index (χ4v) is 6.48. The van der Waals surface area contributed by atoms with Crippen LogP contribution >= 0.6 is 0 Å². The Hall–Kier alpha value is -6.04. The van der Waals surface area contributed by atoms with Gasteiger partial charge in [0.2, 0.25) is 23.6 Å². The molecule has 59 heavy (non-hydrogen) atoms. The Morgan fingerprint density at radius 1 is 0.729 bits per heavy atom. The van der Waals surface area contributed by atoms with E-state index in [4.69, 9.17) is 19.9 Å². The average molecular weight is 818 g/mol. The van der Waals surface area contributed by atoms with Gasteiger partial charge in [0.1, 0.15) is 24.7 Å². The predicted octanol–water partition coefficient (Wildman–Crippen LogP) is 2.27. The van der Waals surface area contributed by atoms with E-state index in [1.54, 1.807) is 38.1 Å². The summed E-state index contributed by atoms with van der Waals surface area (Å²) in [6, 6.07) is 18.6. The number of anilines is 1. The molecule has 4 rings (SSSR count). The molecule has 9 N–H and O–H groups in total. The van der Waals surface area contributed by atoms with Gasteiger partial charge < -0.3 is 57.0 Å². The molecule has 0 saturated heterocycles. The molecular formula is C42H55N7O10. The third-order valence-corrected chi connectivity index (χ3v) is 9.46. The van der Waals surface area contributed by atoms with Crippen molar-refractivity contribution in [2.75, 3.05) is 51.4 Å². The fraction of sp³-hybridized carbons (Fsp3) is 0.429. The molecule has 7 amide bonds. The Morgan fingerprint density at radius 2 is 1.37 bits per heavy atom. The first kappa shape index (κ1) is 45.7. The zero-order valence-corrected chi connectivity index (χ0v) is 33.6. The van der Waals surface area contributed by atoms with Crippen molar-refractivity contribution in [1.29, 1.82) is 0 Å². The average Bonchev–Trinajstić information content (AvgIpc) is 3.53. The molecule has 1 aliphatic carbocycles. The molecule has 0 radical (unpaired) electrons. The summed E-state index contributed by atoms with van der Waals surface area (Å²) in [6.45, 7) is 5.17. The van der Waals surface area contributed by atoms with Crippen LogP contribution in [0, 0.1) is 5.92 Å². The standard InChI is InChI=1S/C42H55N7O10/c1-26(2)37(40(54)48-35(13-8-18-44-41(43)55)38(52)47-29-16-14-28(23-50)15-17-29)49-39(53)36(46-27(3)51)25-58-22-21-57-20-19-45-42(56)59-24-34-32-11-6-4-9-30(32)31-10-5-7-12-33(31)34/h4-7,9-12,14-17,26,34-37,50H,8,13,18-25H2,1-3H3,(H,45,56)(H,46,51)(H,47,52)(H,48,54)(H,49,53)(H3,43,44,55)/t35-,36-,37-/m0/s1. The fourth-order valence-electron chi connectivity index (χ4n) is 6.48. The van der Waals surface area contributed by atoms with Crippen molar-refractivity contribution in [3.8, 4) is 11.1 Å². The third kappa shape index (κ3) is 14.4. The molecule has 0 aliphatic heterocycles. The molecule has 0 heterocycles. The first-order valence-corrected chi connectivity index (χ1v) is 19.5. The minimum atomic E-state index is -1.15. The summed E-state index contributed by atoms with van der Waals surface area (Å²) in [6.07, 6.45) is -0.142. The lowest BCUT2D eigenvalue weighted by Crippen LogP contribution is -2.58. The van der Waals surface area contributed by atoms with E-state index >= 15 is 0 Å². The lowest BCUT2D eigenvalue weighted by Gasteiger charge is -2.27. The molecule has 3 aromatic carbocycles. The van der Waals surface area contributed by atoms with Gasteiger partial charge in [-0.05, 0) is 58.7 Å². The number of alkyl carbamates (subject to hydrolysis) is 1. The van der Waals surface area contributed by atoms with E-state index in [0.29, 0.717) is 17.7 Å². The number of hydrogen-bond acceptors (Lipinski definition) is 10. The smallest absolute Gasteiger partial charge is 0.407 e. The van der Waals surface area contributed by atoms with E-state index in [1.165, 1.54) is 6.92 Å². The summed E-state index contributed by atoms with van der Waals surface area (Å²) in [7, 11) is 0. The van der Waals surface area contributed by atoms with Crippen LogP contribution in [-0.2, 0) is 40.0 Å². The van der Waals surface area contributed by atoms with Gasteiger partial charge in [-0.1, -0.05) is 74.5 Å². The first-order valence-electron chi connectivity index (χ1n) is 19.5. The van der Waals surface area contributed by atoms with Crippen molar-refractivity contribution in [1.82, 2.24) is 26.6 Å². The van der Waals surface area contributed by atoms with E-state index in [9.17, 15) is 33.9 Å². The predicted molar refractivity (Wildman–Crippen MR) is 219 cm³/mol. The highest BCUT2D eigenvalue weighted by molar-refractivity contribution is 5.99. The Bertz CT molecular complexity index is 1850.